The van der Waals surface area contributed by atoms with Gasteiger partial charge in [-0.3, -0.25) is 9.59 Å². The van der Waals surface area contributed by atoms with E-state index in [1.165, 1.54) is 0 Å². The van der Waals surface area contributed by atoms with E-state index in [1.54, 1.807) is 36.4 Å². The number of carbonyl (C=O) groups is 2. The Morgan fingerprint density at radius 2 is 1.55 bits per heavy atom. The van der Waals surface area contributed by atoms with Crippen LogP contribution in [0.2, 0.25) is 15.1 Å². The summed E-state index contributed by atoms with van der Waals surface area (Å²) in [5.74, 6) is -1.51. The molecular weight excluding hydrogens is 477 g/mol. The first-order chi connectivity index (χ1) is 13.7. The van der Waals surface area contributed by atoms with E-state index in [0.29, 0.717) is 32.0 Å². The summed E-state index contributed by atoms with van der Waals surface area (Å²) in [4.78, 5) is 24.8. The van der Waals surface area contributed by atoms with Crippen molar-refractivity contribution in [3.8, 4) is 0 Å². The second kappa shape index (κ2) is 7.82. The molecule has 0 heterocycles. The smallest absolute Gasteiger partial charge is 0.231 e. The Hall–Kier alpha value is -1.17. The molecule has 0 aromatic heterocycles. The quantitative estimate of drug-likeness (QED) is 0.467. The number of amides is 2. The Balaban J connectivity index is 1.49. The van der Waals surface area contributed by atoms with Crippen LogP contribution in [0.3, 0.4) is 0 Å². The third kappa shape index (κ3) is 4.47. The largest absolute Gasteiger partial charge is 0.326 e. The zero-order chi connectivity index (χ0) is 20.9. The number of hydrogen-bond donors (Lipinski definition) is 2. The fourth-order valence-electron chi connectivity index (χ4n) is 3.32. The van der Waals surface area contributed by atoms with Gasteiger partial charge in [-0.05, 0) is 54.8 Å². The summed E-state index contributed by atoms with van der Waals surface area (Å²) in [6, 6.07) is 9.84. The third-order valence-electron chi connectivity index (χ3n) is 5.02. The zero-order valence-electron chi connectivity index (χ0n) is 14.8. The van der Waals surface area contributed by atoms with Crippen LogP contribution in [-0.4, -0.2) is 16.1 Å². The molecule has 2 atom stereocenters. The molecule has 2 aromatic carbocycles. The van der Waals surface area contributed by atoms with Crippen LogP contribution >= 0.6 is 58.0 Å². The highest BCUT2D eigenvalue weighted by molar-refractivity contribution is 6.53. The average molecular weight is 493 g/mol. The Bertz CT molecular complexity index is 986. The van der Waals surface area contributed by atoms with Gasteiger partial charge in [0.2, 0.25) is 11.8 Å². The van der Waals surface area contributed by atoms with E-state index in [2.05, 4.69) is 10.6 Å². The van der Waals surface area contributed by atoms with E-state index in [4.69, 9.17) is 58.0 Å². The van der Waals surface area contributed by atoms with Gasteiger partial charge in [0.25, 0.3) is 0 Å². The second-order valence-electron chi connectivity index (χ2n) is 7.28. The first kappa shape index (κ1) is 21.1. The molecule has 0 aliphatic heterocycles. The molecule has 0 spiro atoms. The highest BCUT2D eigenvalue weighted by Crippen LogP contribution is 2.65. The number of rotatable bonds is 5. The van der Waals surface area contributed by atoms with Crippen LogP contribution in [0.25, 0.3) is 0 Å². The van der Waals surface area contributed by atoms with Crippen LogP contribution in [-0.2, 0) is 9.59 Å². The number of nitrogens with one attached hydrogen (secondary N) is 2. The van der Waals surface area contributed by atoms with Crippen LogP contribution in [0.15, 0.2) is 36.4 Å². The highest BCUT2D eigenvalue weighted by atomic mass is 35.5. The van der Waals surface area contributed by atoms with E-state index in [0.717, 1.165) is 12.8 Å². The third-order valence-corrected chi connectivity index (χ3v) is 6.73. The fraction of sp³-hybridized carbons (Fsp3) is 0.300. The molecule has 2 fully saturated rings. The normalized spacial score (nSPS) is 22.1. The molecule has 0 unspecified atom stereocenters. The van der Waals surface area contributed by atoms with Crippen LogP contribution in [0.4, 0.5) is 11.4 Å². The SMILES string of the molecule is O=C(Nc1cc(NC(=O)[C@H]2[C@H](c3cc(Cl)cc(Cl)c3)C2(Cl)Cl)ccc1Cl)C1CC1. The summed E-state index contributed by atoms with van der Waals surface area (Å²) in [6.45, 7) is 0. The van der Waals surface area contributed by atoms with Gasteiger partial charge in [-0.2, -0.15) is 0 Å². The van der Waals surface area contributed by atoms with Gasteiger partial charge in [0, 0.05) is 27.6 Å². The van der Waals surface area contributed by atoms with E-state index in [1.807, 2.05) is 0 Å². The van der Waals surface area contributed by atoms with E-state index < -0.39 is 16.2 Å². The van der Waals surface area contributed by atoms with Gasteiger partial charge < -0.3 is 10.6 Å². The van der Waals surface area contributed by atoms with Crippen molar-refractivity contribution in [3.05, 3.63) is 57.0 Å². The van der Waals surface area contributed by atoms with Crippen LogP contribution in [0.1, 0.15) is 24.3 Å². The fourth-order valence-corrected chi connectivity index (χ4v) is 4.86. The predicted molar refractivity (Wildman–Crippen MR) is 119 cm³/mol. The van der Waals surface area contributed by atoms with Gasteiger partial charge in [-0.1, -0.05) is 34.8 Å². The molecule has 29 heavy (non-hydrogen) atoms. The van der Waals surface area contributed by atoms with Crippen molar-refractivity contribution in [1.82, 2.24) is 0 Å². The van der Waals surface area contributed by atoms with Crippen molar-refractivity contribution in [2.24, 2.45) is 11.8 Å². The molecular formula is C20H15Cl5N2O2. The molecule has 2 N–H and O–H groups in total. The maximum absolute atomic E-state index is 12.8. The minimum Gasteiger partial charge on any atom is -0.326 e. The molecule has 0 bridgehead atoms. The number of anilines is 2. The first-order valence-corrected chi connectivity index (χ1v) is 10.8. The molecule has 2 aliphatic rings. The molecule has 2 aromatic rings. The Morgan fingerprint density at radius 1 is 0.897 bits per heavy atom. The molecule has 2 saturated carbocycles. The number of hydrogen-bond acceptors (Lipinski definition) is 2. The monoisotopic (exact) mass is 490 g/mol. The summed E-state index contributed by atoms with van der Waals surface area (Å²) in [5.41, 5.74) is 1.61. The summed E-state index contributed by atoms with van der Waals surface area (Å²) >= 11 is 31.0. The molecule has 2 aliphatic carbocycles. The summed E-state index contributed by atoms with van der Waals surface area (Å²) in [6.07, 6.45) is 1.76. The lowest BCUT2D eigenvalue weighted by atomic mass is 10.1. The summed E-state index contributed by atoms with van der Waals surface area (Å²) < 4.78 is -1.27. The Morgan fingerprint density at radius 3 is 2.17 bits per heavy atom. The zero-order valence-corrected chi connectivity index (χ0v) is 18.6. The van der Waals surface area contributed by atoms with Crippen LogP contribution in [0, 0.1) is 11.8 Å². The van der Waals surface area contributed by atoms with Crippen molar-refractivity contribution in [3.63, 3.8) is 0 Å². The topological polar surface area (TPSA) is 58.2 Å². The van der Waals surface area contributed by atoms with E-state index >= 15 is 0 Å². The minimum atomic E-state index is -1.27. The Kier molecular flexibility index (Phi) is 5.69. The number of benzene rings is 2. The minimum absolute atomic E-state index is 0.0363. The highest BCUT2D eigenvalue weighted by Gasteiger charge is 2.67. The molecule has 4 rings (SSSR count). The van der Waals surface area contributed by atoms with Crippen LogP contribution < -0.4 is 10.6 Å². The van der Waals surface area contributed by atoms with Gasteiger partial charge in [-0.25, -0.2) is 0 Å². The molecule has 2 amide bonds. The van der Waals surface area contributed by atoms with Crippen molar-refractivity contribution >= 4 is 81.2 Å². The summed E-state index contributed by atoms with van der Waals surface area (Å²) in [7, 11) is 0. The van der Waals surface area contributed by atoms with E-state index in [9.17, 15) is 9.59 Å². The predicted octanol–water partition coefficient (Wildman–Crippen LogP) is 6.52. The first-order valence-electron chi connectivity index (χ1n) is 8.92. The lowest BCUT2D eigenvalue weighted by molar-refractivity contribution is -0.118. The van der Waals surface area contributed by atoms with E-state index in [-0.39, 0.29) is 17.7 Å². The molecule has 4 nitrogen and oxygen atoms in total. The van der Waals surface area contributed by atoms with Crippen molar-refractivity contribution in [2.45, 2.75) is 23.1 Å². The maximum atomic E-state index is 12.8. The number of carbonyl (C=O) groups excluding carboxylic acids is 2. The lowest BCUT2D eigenvalue weighted by Crippen LogP contribution is -2.18. The van der Waals surface area contributed by atoms with Crippen LogP contribution in [0.5, 0.6) is 0 Å². The summed E-state index contributed by atoms with van der Waals surface area (Å²) in [5, 5.41) is 6.85. The molecule has 152 valence electrons. The molecule has 0 saturated heterocycles. The van der Waals surface area contributed by atoms with Crippen molar-refractivity contribution in [2.75, 3.05) is 10.6 Å². The standard InChI is InChI=1S/C20H15Cl5N2O2/c21-11-5-10(6-12(22)7-11)16-17(20(16,24)25)19(29)26-13-3-4-14(23)15(8-13)27-18(28)9-1-2-9/h3-9,16-17H,1-2H2,(H,26,29)(H,27,28)/t16-,17+/m0/s1. The van der Waals surface area contributed by atoms with Gasteiger partial charge in [-0.15, -0.1) is 23.2 Å². The van der Waals surface area contributed by atoms with Crippen molar-refractivity contribution in [1.29, 1.82) is 0 Å². The lowest BCUT2D eigenvalue weighted by Gasteiger charge is -2.10. The Labute approximate surface area is 192 Å². The molecule has 0 radical (unpaired) electrons. The van der Waals surface area contributed by atoms with Gasteiger partial charge >= 0.3 is 0 Å². The number of alkyl halides is 2. The van der Waals surface area contributed by atoms with Gasteiger partial charge in [0.15, 0.2) is 0 Å². The average Bonchev–Trinajstić information content (AvgIpc) is 3.52. The second-order valence-corrected chi connectivity index (χ2v) is 10.0. The van der Waals surface area contributed by atoms with Crippen molar-refractivity contribution < 1.29 is 9.59 Å². The maximum Gasteiger partial charge on any atom is 0.231 e. The van der Waals surface area contributed by atoms with Gasteiger partial charge in [0.05, 0.1) is 16.6 Å². The molecule has 9 heteroatoms. The van der Waals surface area contributed by atoms with Gasteiger partial charge in [0.1, 0.15) is 4.33 Å². The number of halogens is 5.